The van der Waals surface area contributed by atoms with Gasteiger partial charge in [-0.3, -0.25) is 4.79 Å². The fourth-order valence-corrected chi connectivity index (χ4v) is 6.13. The highest BCUT2D eigenvalue weighted by molar-refractivity contribution is 6.33. The van der Waals surface area contributed by atoms with Crippen LogP contribution < -0.4 is 24.0 Å². The lowest BCUT2D eigenvalue weighted by atomic mass is 9.96. The maximum atomic E-state index is 11.8. The number of carboxylic acids is 1. The molecule has 2 unspecified atom stereocenters. The van der Waals surface area contributed by atoms with E-state index >= 15 is 0 Å². The minimum atomic E-state index is -0.824. The van der Waals surface area contributed by atoms with E-state index < -0.39 is 5.97 Å². The quantitative estimate of drug-likeness (QED) is 0.235. The molecule has 1 N–H and O–H groups in total. The lowest BCUT2D eigenvalue weighted by molar-refractivity contribution is -0.137. The average Bonchev–Trinajstić information content (AvgIpc) is 3.29. The molecule has 10 nitrogen and oxygen atoms in total. The molecule has 0 spiro atoms. The van der Waals surface area contributed by atoms with E-state index in [1.54, 1.807) is 19.5 Å². The molecule has 0 saturated carbocycles. The van der Waals surface area contributed by atoms with Crippen LogP contribution in [0.15, 0.2) is 24.5 Å². The van der Waals surface area contributed by atoms with E-state index in [0.29, 0.717) is 42.3 Å². The number of anilines is 2. The summed E-state index contributed by atoms with van der Waals surface area (Å²) in [4.78, 5) is 25.1. The fourth-order valence-electron chi connectivity index (χ4n) is 5.90. The van der Waals surface area contributed by atoms with E-state index in [-0.39, 0.29) is 36.5 Å². The molecule has 0 aromatic carbocycles. The number of methoxy groups -OCH3 is 1. The van der Waals surface area contributed by atoms with Gasteiger partial charge in [0, 0.05) is 62.7 Å². The Morgan fingerprint density at radius 1 is 1.07 bits per heavy atom. The second-order valence-corrected chi connectivity index (χ2v) is 12.1. The summed E-state index contributed by atoms with van der Waals surface area (Å²) in [6.45, 7) is 11.8. The number of carboxylic acid groups (broad SMARTS) is 1. The summed E-state index contributed by atoms with van der Waals surface area (Å²) in [7, 11) is 1.59. The first kappa shape index (κ1) is 32.9. The van der Waals surface area contributed by atoms with Crippen LogP contribution in [0, 0.1) is 11.8 Å². The first-order valence-electron chi connectivity index (χ1n) is 15.6. The Hall–Kier alpha value is -2.98. The number of unbranched alkanes of at least 4 members (excludes halogenated alkanes) is 2. The Kier molecular flexibility index (Phi) is 12.0. The molecule has 11 heteroatoms. The van der Waals surface area contributed by atoms with Crippen molar-refractivity contribution in [2.24, 2.45) is 11.8 Å². The molecule has 4 heterocycles. The highest BCUT2D eigenvalue weighted by Gasteiger charge is 2.41. The van der Waals surface area contributed by atoms with Gasteiger partial charge in [0.15, 0.2) is 5.75 Å². The smallest absolute Gasteiger partial charge is 0.305 e. The maximum Gasteiger partial charge on any atom is 0.305 e. The minimum Gasteiger partial charge on any atom is -0.488 e. The molecule has 4 rings (SSSR count). The number of pyridine rings is 2. The Labute approximate surface area is 260 Å². The summed E-state index contributed by atoms with van der Waals surface area (Å²) in [5.74, 6) is 1.00. The van der Waals surface area contributed by atoms with Crippen molar-refractivity contribution in [2.45, 2.75) is 84.5 Å². The van der Waals surface area contributed by atoms with Crippen LogP contribution in [0.1, 0.15) is 66.2 Å². The molecule has 0 aliphatic carbocycles. The zero-order valence-electron chi connectivity index (χ0n) is 26.1. The van der Waals surface area contributed by atoms with Gasteiger partial charge in [-0.15, -0.1) is 0 Å². The zero-order valence-corrected chi connectivity index (χ0v) is 26.9. The van der Waals surface area contributed by atoms with Gasteiger partial charge in [-0.1, -0.05) is 52.1 Å². The second kappa shape index (κ2) is 15.7. The topological polar surface area (TPSA) is 106 Å². The normalized spacial score (nSPS) is 23.8. The number of rotatable bonds is 15. The number of ether oxygens (including phenoxy) is 4. The van der Waals surface area contributed by atoms with Gasteiger partial charge in [0.05, 0.1) is 55.0 Å². The number of hydrogen-bond donors (Lipinski definition) is 1. The van der Waals surface area contributed by atoms with E-state index in [4.69, 9.17) is 35.5 Å². The SMILES string of the molecule is CCCCOc1cc(N2C[C@H](OCCCC)[C@@H](C)[C@@H]2CC(=O)O)cnc1OC1CCN(c2cc(OC)ncc2Cl)CC1C. The predicted molar refractivity (Wildman–Crippen MR) is 168 cm³/mol. The molecule has 5 atom stereocenters. The van der Waals surface area contributed by atoms with Gasteiger partial charge in [-0.05, 0) is 12.8 Å². The Morgan fingerprint density at radius 2 is 1.84 bits per heavy atom. The molecule has 0 bridgehead atoms. The van der Waals surface area contributed by atoms with Gasteiger partial charge in [0.2, 0.25) is 5.88 Å². The van der Waals surface area contributed by atoms with Crippen molar-refractivity contribution in [1.82, 2.24) is 9.97 Å². The van der Waals surface area contributed by atoms with Crippen molar-refractivity contribution in [2.75, 3.05) is 49.8 Å². The maximum absolute atomic E-state index is 11.8. The minimum absolute atomic E-state index is 0.0303. The van der Waals surface area contributed by atoms with Crippen molar-refractivity contribution in [3.05, 3.63) is 29.5 Å². The molecule has 2 aromatic heterocycles. The van der Waals surface area contributed by atoms with E-state index in [2.05, 4.69) is 42.5 Å². The van der Waals surface area contributed by atoms with E-state index in [0.717, 1.165) is 56.6 Å². The third-order valence-electron chi connectivity index (χ3n) is 8.52. The highest BCUT2D eigenvalue weighted by Crippen LogP contribution is 2.39. The van der Waals surface area contributed by atoms with Crippen molar-refractivity contribution in [1.29, 1.82) is 0 Å². The third-order valence-corrected chi connectivity index (χ3v) is 8.82. The van der Waals surface area contributed by atoms with Crippen LogP contribution in [0.25, 0.3) is 0 Å². The molecule has 43 heavy (non-hydrogen) atoms. The summed E-state index contributed by atoms with van der Waals surface area (Å²) < 4.78 is 24.3. The lowest BCUT2D eigenvalue weighted by Crippen LogP contribution is -2.44. The van der Waals surface area contributed by atoms with Crippen LogP contribution in [0.5, 0.6) is 17.5 Å². The molecule has 2 aromatic rings. The summed E-state index contributed by atoms with van der Waals surface area (Å²) in [5, 5.41) is 10.3. The van der Waals surface area contributed by atoms with Crippen molar-refractivity contribution < 1.29 is 28.8 Å². The Bertz CT molecular complexity index is 1200. The van der Waals surface area contributed by atoms with E-state index in [9.17, 15) is 9.90 Å². The van der Waals surface area contributed by atoms with Gasteiger partial charge >= 0.3 is 5.97 Å². The van der Waals surface area contributed by atoms with Crippen LogP contribution in [0.3, 0.4) is 0 Å². The monoisotopic (exact) mass is 618 g/mol. The first-order valence-corrected chi connectivity index (χ1v) is 16.0. The number of nitrogens with zero attached hydrogens (tertiary/aromatic N) is 4. The van der Waals surface area contributed by atoms with Gasteiger partial charge in [0.1, 0.15) is 6.10 Å². The largest absolute Gasteiger partial charge is 0.488 e. The summed E-state index contributed by atoms with van der Waals surface area (Å²) >= 11 is 6.48. The predicted octanol–water partition coefficient (Wildman–Crippen LogP) is 6.10. The number of aromatic nitrogens is 2. The van der Waals surface area contributed by atoms with Crippen molar-refractivity contribution in [3.63, 3.8) is 0 Å². The Morgan fingerprint density at radius 3 is 2.53 bits per heavy atom. The first-order chi connectivity index (χ1) is 20.7. The summed E-state index contributed by atoms with van der Waals surface area (Å²) in [6.07, 6.45) is 8.05. The molecule has 2 saturated heterocycles. The summed E-state index contributed by atoms with van der Waals surface area (Å²) in [6, 6.07) is 3.62. The van der Waals surface area contributed by atoms with Gasteiger partial charge in [-0.2, -0.15) is 0 Å². The number of halogens is 1. The van der Waals surface area contributed by atoms with E-state index in [1.165, 1.54) is 0 Å². The molecule has 2 aliphatic heterocycles. The van der Waals surface area contributed by atoms with Crippen LogP contribution in [0.4, 0.5) is 11.4 Å². The number of piperidine rings is 1. The van der Waals surface area contributed by atoms with Crippen molar-refractivity contribution >= 4 is 28.9 Å². The van der Waals surface area contributed by atoms with Crippen LogP contribution in [-0.2, 0) is 9.53 Å². The molecule has 2 fully saturated rings. The van der Waals surface area contributed by atoms with Gasteiger partial charge in [0.25, 0.3) is 5.88 Å². The van der Waals surface area contributed by atoms with E-state index in [1.807, 2.05) is 12.1 Å². The number of aliphatic carboxylic acids is 1. The molecule has 2 aliphatic rings. The van der Waals surface area contributed by atoms with Gasteiger partial charge in [-0.25, -0.2) is 9.97 Å². The lowest BCUT2D eigenvalue weighted by Gasteiger charge is -2.38. The van der Waals surface area contributed by atoms with Crippen LogP contribution >= 0.6 is 11.6 Å². The molecular formula is C32H47ClN4O6. The standard InChI is InChI=1S/C32H47ClN4O6/c1-6-8-12-41-28-14-23(37-20-29(42-13-9-7-2)22(4)25(37)16-31(38)39)17-35-32(28)43-27-10-11-36(19-21(27)3)26-15-30(40-5)34-18-24(26)33/h14-15,17-18,21-22,25,27,29H,6-13,16,19-20H2,1-5H3,(H,38,39)/t21?,22-,25-,27?,29-/m0/s1. The highest BCUT2D eigenvalue weighted by atomic mass is 35.5. The third kappa shape index (κ3) is 8.35. The second-order valence-electron chi connectivity index (χ2n) is 11.7. The number of carbonyl (C=O) groups is 1. The van der Waals surface area contributed by atoms with Crippen LogP contribution in [-0.4, -0.2) is 79.3 Å². The zero-order chi connectivity index (χ0) is 30.9. The Balaban J connectivity index is 1.52. The van der Waals surface area contributed by atoms with Gasteiger partial charge < -0.3 is 33.9 Å². The molecular weight excluding hydrogens is 572 g/mol. The molecule has 0 radical (unpaired) electrons. The van der Waals surface area contributed by atoms with Crippen LogP contribution in [0.2, 0.25) is 5.02 Å². The molecule has 238 valence electrons. The average molecular weight is 619 g/mol. The number of hydrogen-bond acceptors (Lipinski definition) is 9. The fraction of sp³-hybridized carbons (Fsp3) is 0.656. The molecule has 0 amide bonds. The van der Waals surface area contributed by atoms with Crippen molar-refractivity contribution in [3.8, 4) is 17.5 Å². The summed E-state index contributed by atoms with van der Waals surface area (Å²) in [5.41, 5.74) is 1.72.